The third kappa shape index (κ3) is 13.0. The molecule has 0 saturated heterocycles. The molecule has 8 nitrogen and oxygen atoms in total. The van der Waals surface area contributed by atoms with E-state index in [0.29, 0.717) is 33.9 Å². The van der Waals surface area contributed by atoms with E-state index in [1.54, 1.807) is 48.5 Å². The number of esters is 1. The second-order valence-electron chi connectivity index (χ2n) is 18.3. The lowest BCUT2D eigenvalue weighted by atomic mass is 9.87. The molecule has 0 aromatic heterocycles. The van der Waals surface area contributed by atoms with Gasteiger partial charge in [-0.3, -0.25) is 4.18 Å². The summed E-state index contributed by atoms with van der Waals surface area (Å²) in [5.74, 6) is -2.20. The first-order valence-electron chi connectivity index (χ1n) is 20.5. The highest BCUT2D eigenvalue weighted by molar-refractivity contribution is 9.10. The molecule has 0 unspecified atom stereocenters. The fourth-order valence-electron chi connectivity index (χ4n) is 6.42. The van der Waals surface area contributed by atoms with Crippen LogP contribution in [-0.2, 0) is 53.8 Å². The summed E-state index contributed by atoms with van der Waals surface area (Å²) in [5.41, 5.74) is 2.07. The second kappa shape index (κ2) is 20.1. The fraction of sp³-hybridized carbons (Fsp3) is 0.468. The number of ether oxygens (including phenoxy) is 1. The summed E-state index contributed by atoms with van der Waals surface area (Å²) in [6.07, 6.45) is 4.32. The number of hydrogen-bond donors (Lipinski definition) is 0. The van der Waals surface area contributed by atoms with E-state index in [9.17, 15) is 21.6 Å². The molecule has 0 aliphatic heterocycles. The minimum atomic E-state index is -5.99. The fourth-order valence-corrected chi connectivity index (χ4v) is 12.6. The molecule has 14 heteroatoms. The van der Waals surface area contributed by atoms with Crippen molar-refractivity contribution in [1.29, 1.82) is 0 Å². The molecule has 0 atom stereocenters. The Morgan fingerprint density at radius 2 is 0.836 bits per heavy atom. The van der Waals surface area contributed by atoms with Crippen LogP contribution in [0.25, 0.3) is 0 Å². The van der Waals surface area contributed by atoms with Crippen molar-refractivity contribution in [2.24, 2.45) is 0 Å². The van der Waals surface area contributed by atoms with E-state index in [2.05, 4.69) is 15.9 Å². The predicted molar refractivity (Wildman–Crippen MR) is 243 cm³/mol. The number of carbonyl (C=O) groups excluding carboxylic acids is 1. The summed E-state index contributed by atoms with van der Waals surface area (Å²) in [6.45, 7) is 18.0. The molecular weight excluding hydrogens is 907 g/mol. The number of hydrogen-bond acceptors (Lipinski definition) is 8. The molecule has 0 bridgehead atoms. The van der Waals surface area contributed by atoms with E-state index >= 15 is 8.78 Å². The summed E-state index contributed by atoms with van der Waals surface area (Å²) < 4.78 is 102. The van der Waals surface area contributed by atoms with E-state index in [1.807, 2.05) is 98.7 Å². The highest BCUT2D eigenvalue weighted by Crippen LogP contribution is 2.71. The van der Waals surface area contributed by atoms with Crippen molar-refractivity contribution in [2.45, 2.75) is 148 Å². The molecular formula is C47H61BrF2O8S3. The van der Waals surface area contributed by atoms with Crippen molar-refractivity contribution >= 4 is 52.4 Å². The topological polar surface area (TPSA) is 113 Å². The zero-order chi connectivity index (χ0) is 45.5. The number of rotatable bonds is 19. The molecule has 4 aromatic rings. The van der Waals surface area contributed by atoms with Crippen LogP contribution in [0.15, 0.2) is 121 Å². The molecule has 4 aromatic carbocycles. The molecule has 0 saturated carbocycles. The predicted octanol–water partition coefficient (Wildman–Crippen LogP) is 13.2. The Labute approximate surface area is 373 Å². The Hall–Kier alpha value is -3.14. The maximum absolute atomic E-state index is 16.1. The average molecular weight is 968 g/mol. The van der Waals surface area contributed by atoms with Crippen LogP contribution in [0.4, 0.5) is 8.78 Å². The Morgan fingerprint density at radius 1 is 0.508 bits per heavy atom. The number of unbranched alkanes of at least 4 members (excludes halogenated alkanes) is 6. The minimum Gasteiger partial charge on any atom is -0.460 e. The first-order chi connectivity index (χ1) is 28.2. The molecule has 0 aliphatic rings. The first-order valence-corrected chi connectivity index (χ1v) is 25.7. The zero-order valence-electron chi connectivity index (χ0n) is 36.7. The first kappa shape index (κ1) is 50.5. The van der Waals surface area contributed by atoms with E-state index in [1.165, 1.54) is 12.1 Å². The third-order valence-electron chi connectivity index (χ3n) is 10.3. The lowest BCUT2D eigenvalue weighted by Gasteiger charge is -2.40. The summed E-state index contributed by atoms with van der Waals surface area (Å²) >= 11 is 3.27. The van der Waals surface area contributed by atoms with Crippen molar-refractivity contribution in [3.8, 4) is 0 Å². The molecule has 0 radical (unpaired) electrons. The van der Waals surface area contributed by atoms with Gasteiger partial charge in [-0.15, -0.1) is 0 Å². The molecule has 4 rings (SSSR count). The highest BCUT2D eigenvalue weighted by Gasteiger charge is 2.59. The average Bonchev–Trinajstić information content (AvgIpc) is 3.18. The number of halogens is 3. The van der Waals surface area contributed by atoms with Gasteiger partial charge in [0, 0.05) is 19.2 Å². The molecule has 336 valence electrons. The van der Waals surface area contributed by atoms with Crippen LogP contribution in [0.5, 0.6) is 0 Å². The van der Waals surface area contributed by atoms with Gasteiger partial charge in [0.2, 0.25) is 0 Å². The smallest absolute Gasteiger partial charge is 0.460 e. The molecule has 61 heavy (non-hydrogen) atoms. The number of benzene rings is 4. The van der Waals surface area contributed by atoms with Crippen LogP contribution in [0, 0.1) is 0 Å². The van der Waals surface area contributed by atoms with Crippen molar-refractivity contribution < 1.29 is 43.0 Å². The van der Waals surface area contributed by atoms with Crippen molar-refractivity contribution in [2.75, 3.05) is 13.2 Å². The normalized spacial score (nSPS) is 13.6. The van der Waals surface area contributed by atoms with Crippen molar-refractivity contribution in [3.05, 3.63) is 118 Å². The van der Waals surface area contributed by atoms with Gasteiger partial charge < -0.3 is 4.74 Å². The summed E-state index contributed by atoms with van der Waals surface area (Å²) in [4.78, 5) is 14.2. The lowest BCUT2D eigenvalue weighted by molar-refractivity contribution is -0.161. The largest absolute Gasteiger partial charge is 0.466 e. The van der Waals surface area contributed by atoms with E-state index in [4.69, 9.17) is 12.5 Å². The van der Waals surface area contributed by atoms with Gasteiger partial charge >= 0.3 is 21.3 Å². The Bertz CT molecular complexity index is 2140. The molecule has 0 spiro atoms. The monoisotopic (exact) mass is 966 g/mol. The van der Waals surface area contributed by atoms with Crippen LogP contribution in [0.2, 0.25) is 0 Å². The van der Waals surface area contributed by atoms with E-state index < -0.39 is 48.4 Å². The van der Waals surface area contributed by atoms with Crippen LogP contribution >= 0.6 is 26.2 Å². The summed E-state index contributed by atoms with van der Waals surface area (Å²) in [5, 5.41) is -5.03. The van der Waals surface area contributed by atoms with E-state index in [-0.39, 0.29) is 34.2 Å². The second-order valence-corrected chi connectivity index (χ2v) is 25.3. The van der Waals surface area contributed by atoms with Crippen LogP contribution in [0.1, 0.15) is 124 Å². The number of alkyl halides is 2. The summed E-state index contributed by atoms with van der Waals surface area (Å²) in [6, 6.07) is 27.6. The Balaban J connectivity index is 1.49. The van der Waals surface area contributed by atoms with E-state index in [0.717, 1.165) is 40.4 Å². The van der Waals surface area contributed by atoms with Gasteiger partial charge in [-0.1, -0.05) is 147 Å². The third-order valence-corrected chi connectivity index (χ3v) is 17.3. The van der Waals surface area contributed by atoms with Gasteiger partial charge in [0.25, 0.3) is 10.1 Å². The van der Waals surface area contributed by atoms with Crippen LogP contribution in [-0.4, -0.2) is 41.3 Å². The molecule has 0 N–H and O–H groups in total. The maximum Gasteiger partial charge on any atom is 0.466 e. The van der Waals surface area contributed by atoms with Crippen molar-refractivity contribution in [3.63, 3.8) is 0 Å². The SMILES string of the molecule is CC(C)(C)c1ccc(S(OS(=O)(=O)C(F)(F)C(=O)OCCCCCCCCCOS(=O)(=O)c2ccc(Br)cc2)(c2ccc(C(C)(C)C)cc2)c2ccc(C(C)(C)C)cc2)cc1. The van der Waals surface area contributed by atoms with Gasteiger partial charge in [-0.05, 0) is 117 Å². The molecule has 0 aliphatic carbocycles. The van der Waals surface area contributed by atoms with Gasteiger partial charge in [0.15, 0.2) is 0 Å². The Kier molecular flexibility index (Phi) is 16.7. The maximum atomic E-state index is 16.1. The molecule has 0 amide bonds. The van der Waals surface area contributed by atoms with Gasteiger partial charge in [0.1, 0.15) is 0 Å². The Morgan fingerprint density at radius 3 is 1.20 bits per heavy atom. The van der Waals surface area contributed by atoms with Gasteiger partial charge in [-0.2, -0.15) is 25.6 Å². The highest BCUT2D eigenvalue weighted by atomic mass is 79.9. The standard InChI is InChI=1S/C47H61BrF2O8S3/c1-44(2,3)35-17-25-39(26-18-35)59(40-27-19-36(20-28-40)45(4,5)6,41-29-21-37(22-30-41)46(7,8)9)58-61(54,55)47(49,50)43(51)56-33-15-13-11-10-12-14-16-34-57-60(52,53)42-31-23-38(48)24-32-42/h17-32H,10-16,33-34H2,1-9H3. The van der Waals surface area contributed by atoms with Gasteiger partial charge in [0.05, 0.1) is 18.1 Å². The lowest BCUT2D eigenvalue weighted by Crippen LogP contribution is -2.41. The zero-order valence-corrected chi connectivity index (χ0v) is 40.8. The quantitative estimate of drug-likeness (QED) is 0.0519. The molecule has 0 heterocycles. The summed E-state index contributed by atoms with van der Waals surface area (Å²) in [7, 11) is -13.3. The molecule has 0 fully saturated rings. The van der Waals surface area contributed by atoms with Crippen LogP contribution < -0.4 is 0 Å². The van der Waals surface area contributed by atoms with Gasteiger partial charge in [-0.25, -0.2) is 8.42 Å². The number of carbonyl (C=O) groups is 1. The minimum absolute atomic E-state index is 0.0498. The van der Waals surface area contributed by atoms with Crippen molar-refractivity contribution in [1.82, 2.24) is 0 Å². The van der Waals surface area contributed by atoms with Crippen LogP contribution in [0.3, 0.4) is 0 Å².